The number of pyridine rings is 1. The van der Waals surface area contributed by atoms with Gasteiger partial charge in [0.15, 0.2) is 17.2 Å². The minimum Gasteiger partial charge on any atom is -0.493 e. The topological polar surface area (TPSA) is 93.5 Å². The molecule has 4 heterocycles. The van der Waals surface area contributed by atoms with Crippen LogP contribution in [0.5, 0.6) is 11.5 Å². The zero-order valence-electron chi connectivity index (χ0n) is 17.1. The minimum absolute atomic E-state index is 0.263. The molecular formula is C23H19N5O3S. The monoisotopic (exact) mass is 445 g/mol. The Morgan fingerprint density at radius 2 is 2.09 bits per heavy atom. The molecule has 8 nitrogen and oxygen atoms in total. The van der Waals surface area contributed by atoms with Gasteiger partial charge in [0, 0.05) is 24.1 Å². The zero-order valence-corrected chi connectivity index (χ0v) is 17.9. The number of nitrogens with one attached hydrogen (secondary N) is 2. The number of anilines is 1. The lowest BCUT2D eigenvalue weighted by Crippen LogP contribution is -2.12. The van der Waals surface area contributed by atoms with Crippen molar-refractivity contribution < 1.29 is 14.3 Å². The standard InChI is InChI=1S/C23H19N5O3S/c1-30-19-8-7-15(25-23(29)18-12-17(26-27-18)21-5-4-10-32-21)11-20(19)31-14-16-13-28-9-3-2-6-22(28)24-16/h2-13H,14H2,1H3,(H,25,29)(H,26,27). The summed E-state index contributed by atoms with van der Waals surface area (Å²) in [6.07, 6.45) is 3.84. The number of hydrogen-bond acceptors (Lipinski definition) is 6. The number of thiophene rings is 1. The van der Waals surface area contributed by atoms with Crippen molar-refractivity contribution in [3.05, 3.63) is 83.8 Å². The molecule has 2 N–H and O–H groups in total. The number of nitrogens with zero attached hydrogens (tertiary/aromatic N) is 3. The largest absolute Gasteiger partial charge is 0.493 e. The van der Waals surface area contributed by atoms with Crippen molar-refractivity contribution in [1.82, 2.24) is 19.6 Å². The van der Waals surface area contributed by atoms with Crippen molar-refractivity contribution in [2.45, 2.75) is 6.61 Å². The number of amides is 1. The molecule has 0 aliphatic rings. The van der Waals surface area contributed by atoms with Crippen LogP contribution < -0.4 is 14.8 Å². The fourth-order valence-electron chi connectivity index (χ4n) is 3.27. The van der Waals surface area contributed by atoms with E-state index in [1.165, 1.54) is 0 Å². The van der Waals surface area contributed by atoms with Gasteiger partial charge in [-0.2, -0.15) is 5.10 Å². The van der Waals surface area contributed by atoms with Crippen molar-refractivity contribution in [2.24, 2.45) is 0 Å². The maximum Gasteiger partial charge on any atom is 0.276 e. The molecule has 1 aromatic carbocycles. The molecule has 0 aliphatic heterocycles. The molecule has 1 amide bonds. The van der Waals surface area contributed by atoms with E-state index in [1.807, 2.05) is 52.5 Å². The van der Waals surface area contributed by atoms with Gasteiger partial charge in [-0.3, -0.25) is 9.89 Å². The molecule has 0 aliphatic carbocycles. The smallest absolute Gasteiger partial charge is 0.276 e. The van der Waals surface area contributed by atoms with Crippen molar-refractivity contribution in [3.63, 3.8) is 0 Å². The second kappa shape index (κ2) is 8.56. The maximum atomic E-state index is 12.7. The highest BCUT2D eigenvalue weighted by atomic mass is 32.1. The average Bonchev–Trinajstić information content (AvgIpc) is 3.57. The number of rotatable bonds is 7. The summed E-state index contributed by atoms with van der Waals surface area (Å²) in [7, 11) is 1.57. The van der Waals surface area contributed by atoms with Crippen LogP contribution in [0.15, 0.2) is 72.4 Å². The lowest BCUT2D eigenvalue weighted by molar-refractivity contribution is 0.102. The van der Waals surface area contributed by atoms with Crippen molar-refractivity contribution in [2.75, 3.05) is 12.4 Å². The van der Waals surface area contributed by atoms with Crippen LogP contribution in [0, 0.1) is 0 Å². The van der Waals surface area contributed by atoms with E-state index >= 15 is 0 Å². The molecule has 0 radical (unpaired) electrons. The number of H-pyrrole nitrogens is 1. The Labute approximate surface area is 187 Å². The van der Waals surface area contributed by atoms with Crippen LogP contribution >= 0.6 is 11.3 Å². The second-order valence-corrected chi connectivity index (χ2v) is 7.90. The summed E-state index contributed by atoms with van der Waals surface area (Å²) in [5.41, 5.74) is 3.31. The van der Waals surface area contributed by atoms with E-state index in [0.717, 1.165) is 21.9 Å². The highest BCUT2D eigenvalue weighted by Crippen LogP contribution is 2.31. The molecule has 0 unspecified atom stereocenters. The molecule has 9 heteroatoms. The lowest BCUT2D eigenvalue weighted by atomic mass is 10.2. The Hall–Kier alpha value is -4.11. The number of methoxy groups -OCH3 is 1. The first kappa shape index (κ1) is 19.8. The van der Waals surface area contributed by atoms with Crippen LogP contribution in [0.2, 0.25) is 0 Å². The van der Waals surface area contributed by atoms with Gasteiger partial charge >= 0.3 is 0 Å². The fraction of sp³-hybridized carbons (Fsp3) is 0.0870. The third-order valence-corrected chi connectivity index (χ3v) is 5.71. The zero-order chi connectivity index (χ0) is 21.9. The Kier molecular flexibility index (Phi) is 5.30. The van der Waals surface area contributed by atoms with Crippen LogP contribution in [0.3, 0.4) is 0 Å². The number of carbonyl (C=O) groups excluding carboxylic acids is 1. The van der Waals surface area contributed by atoms with E-state index in [-0.39, 0.29) is 12.5 Å². The van der Waals surface area contributed by atoms with Crippen molar-refractivity contribution >= 4 is 28.6 Å². The summed E-state index contributed by atoms with van der Waals surface area (Å²) in [5.74, 6) is 0.746. The van der Waals surface area contributed by atoms with Crippen LogP contribution in [0.1, 0.15) is 16.2 Å². The average molecular weight is 446 g/mol. The Balaban J connectivity index is 1.30. The Bertz CT molecular complexity index is 1340. The second-order valence-electron chi connectivity index (χ2n) is 6.95. The number of fused-ring (bicyclic) bond motifs is 1. The first-order valence-electron chi connectivity index (χ1n) is 9.84. The number of carbonyl (C=O) groups is 1. The van der Waals surface area contributed by atoms with E-state index in [1.54, 1.807) is 42.7 Å². The number of benzene rings is 1. The van der Waals surface area contributed by atoms with Gasteiger partial charge < -0.3 is 19.2 Å². The summed E-state index contributed by atoms with van der Waals surface area (Å²) in [6, 6.07) is 16.7. The minimum atomic E-state index is -0.319. The normalized spacial score (nSPS) is 10.9. The molecule has 4 aromatic heterocycles. The molecule has 0 saturated carbocycles. The molecular weight excluding hydrogens is 426 g/mol. The predicted molar refractivity (Wildman–Crippen MR) is 122 cm³/mol. The van der Waals surface area contributed by atoms with Crippen molar-refractivity contribution in [3.8, 4) is 22.1 Å². The third-order valence-electron chi connectivity index (χ3n) is 4.81. The van der Waals surface area contributed by atoms with E-state index in [2.05, 4.69) is 20.5 Å². The summed E-state index contributed by atoms with van der Waals surface area (Å²) >= 11 is 1.58. The van der Waals surface area contributed by atoms with Crippen LogP contribution in [-0.4, -0.2) is 32.6 Å². The Morgan fingerprint density at radius 3 is 2.91 bits per heavy atom. The molecule has 0 saturated heterocycles. The van der Waals surface area contributed by atoms with Crippen LogP contribution in [0.4, 0.5) is 5.69 Å². The van der Waals surface area contributed by atoms with E-state index in [9.17, 15) is 4.79 Å². The highest BCUT2D eigenvalue weighted by Gasteiger charge is 2.14. The molecule has 32 heavy (non-hydrogen) atoms. The summed E-state index contributed by atoms with van der Waals surface area (Å²) in [4.78, 5) is 18.2. The number of hydrogen-bond donors (Lipinski definition) is 2. The fourth-order valence-corrected chi connectivity index (χ4v) is 3.96. The highest BCUT2D eigenvalue weighted by molar-refractivity contribution is 7.13. The number of ether oxygens (including phenoxy) is 2. The molecule has 5 aromatic rings. The van der Waals surface area contributed by atoms with Gasteiger partial charge in [0.05, 0.1) is 23.4 Å². The van der Waals surface area contributed by atoms with Gasteiger partial charge in [0.25, 0.3) is 5.91 Å². The summed E-state index contributed by atoms with van der Waals surface area (Å²) < 4.78 is 13.3. The molecule has 0 fully saturated rings. The molecule has 0 atom stereocenters. The SMILES string of the molecule is COc1ccc(NC(=O)c2cc(-c3cccs3)[nH]n2)cc1OCc1cn2ccccc2n1. The molecule has 0 bridgehead atoms. The van der Waals surface area contributed by atoms with E-state index in [4.69, 9.17) is 9.47 Å². The predicted octanol–water partition coefficient (Wildman–Crippen LogP) is 4.63. The molecule has 5 rings (SSSR count). The summed E-state index contributed by atoms with van der Waals surface area (Å²) in [6.45, 7) is 0.263. The first-order valence-corrected chi connectivity index (χ1v) is 10.7. The number of imidazole rings is 1. The van der Waals surface area contributed by atoms with Crippen LogP contribution in [0.25, 0.3) is 16.2 Å². The van der Waals surface area contributed by atoms with Gasteiger partial charge in [-0.25, -0.2) is 4.98 Å². The van der Waals surface area contributed by atoms with Gasteiger partial charge in [-0.05, 0) is 41.8 Å². The number of aromatic amines is 1. The van der Waals surface area contributed by atoms with Gasteiger partial charge in [0.2, 0.25) is 0 Å². The molecule has 0 spiro atoms. The quantitative estimate of drug-likeness (QED) is 0.381. The maximum absolute atomic E-state index is 12.7. The lowest BCUT2D eigenvalue weighted by Gasteiger charge is -2.12. The van der Waals surface area contributed by atoms with E-state index < -0.39 is 0 Å². The third kappa shape index (κ3) is 4.06. The van der Waals surface area contributed by atoms with Crippen LogP contribution in [-0.2, 0) is 6.61 Å². The van der Waals surface area contributed by atoms with Gasteiger partial charge in [-0.15, -0.1) is 11.3 Å². The number of aromatic nitrogens is 4. The van der Waals surface area contributed by atoms with Gasteiger partial charge in [-0.1, -0.05) is 12.1 Å². The van der Waals surface area contributed by atoms with E-state index in [0.29, 0.717) is 22.9 Å². The van der Waals surface area contributed by atoms with Crippen molar-refractivity contribution in [1.29, 1.82) is 0 Å². The first-order chi connectivity index (χ1) is 15.7. The van der Waals surface area contributed by atoms with Gasteiger partial charge in [0.1, 0.15) is 12.3 Å². The summed E-state index contributed by atoms with van der Waals surface area (Å²) in [5, 5.41) is 11.9. The molecule has 160 valence electrons. The Morgan fingerprint density at radius 1 is 1.16 bits per heavy atom.